The highest BCUT2D eigenvalue weighted by Gasteiger charge is 2.19. The van der Waals surface area contributed by atoms with Gasteiger partial charge in [0.25, 0.3) is 5.91 Å². The van der Waals surface area contributed by atoms with Crippen LogP contribution in [-0.4, -0.2) is 15.5 Å². The van der Waals surface area contributed by atoms with Gasteiger partial charge in [-0.2, -0.15) is 0 Å². The molecule has 0 spiro atoms. The number of hydrogen-bond acceptors (Lipinski definition) is 3. The molecule has 0 fully saturated rings. The van der Waals surface area contributed by atoms with Crippen LogP contribution in [0, 0.1) is 0 Å². The van der Waals surface area contributed by atoms with E-state index < -0.39 is 0 Å². The smallest absolute Gasteiger partial charge is 0.287 e. The lowest BCUT2D eigenvalue weighted by Gasteiger charge is -2.16. The first-order valence-corrected chi connectivity index (χ1v) is 9.50. The van der Waals surface area contributed by atoms with Crippen LogP contribution in [0.25, 0.3) is 11.0 Å². The Kier molecular flexibility index (Phi) is 6.10. The number of imidazole rings is 1. The zero-order valence-corrected chi connectivity index (χ0v) is 15.6. The first kappa shape index (κ1) is 18.2. The number of aromatic nitrogens is 2. The summed E-state index contributed by atoms with van der Waals surface area (Å²) >= 11 is 0. The molecular formula is C21H27N3O2. The fourth-order valence-electron chi connectivity index (χ4n) is 3.27. The van der Waals surface area contributed by atoms with Gasteiger partial charge in [-0.15, -0.1) is 0 Å². The van der Waals surface area contributed by atoms with Crippen molar-refractivity contribution in [1.29, 1.82) is 0 Å². The Morgan fingerprint density at radius 2 is 1.96 bits per heavy atom. The molecule has 5 heteroatoms. The van der Waals surface area contributed by atoms with E-state index in [-0.39, 0.29) is 11.9 Å². The molecule has 5 nitrogen and oxygen atoms in total. The molecule has 0 aliphatic heterocycles. The molecule has 1 N–H and O–H groups in total. The standard InChI is InChI=1S/C21H27N3O2/c1-3-4-5-6-9-14-24-18-12-8-7-11-17(18)23-20(24)16(2)22-21(25)19-13-10-15-26-19/h7-8,10-13,15-16H,3-6,9,14H2,1-2H3,(H,22,25). The average molecular weight is 353 g/mol. The normalized spacial score (nSPS) is 12.4. The number of nitrogens with zero attached hydrogens (tertiary/aromatic N) is 2. The molecule has 3 rings (SSSR count). The van der Waals surface area contributed by atoms with E-state index in [2.05, 4.69) is 22.9 Å². The van der Waals surface area contributed by atoms with Crippen molar-refractivity contribution in [1.82, 2.24) is 14.9 Å². The molecule has 1 unspecified atom stereocenters. The summed E-state index contributed by atoms with van der Waals surface area (Å²) in [5.41, 5.74) is 2.09. The van der Waals surface area contributed by atoms with E-state index in [1.165, 1.54) is 31.9 Å². The molecule has 1 atom stereocenters. The van der Waals surface area contributed by atoms with Crippen molar-refractivity contribution in [2.24, 2.45) is 0 Å². The van der Waals surface area contributed by atoms with E-state index in [9.17, 15) is 4.79 Å². The summed E-state index contributed by atoms with van der Waals surface area (Å²) in [6.45, 7) is 5.11. The zero-order chi connectivity index (χ0) is 18.4. The predicted molar refractivity (Wildman–Crippen MR) is 103 cm³/mol. The number of unbranched alkanes of at least 4 members (excludes halogenated alkanes) is 4. The molecule has 0 bridgehead atoms. The minimum Gasteiger partial charge on any atom is -0.459 e. The zero-order valence-electron chi connectivity index (χ0n) is 15.6. The van der Waals surface area contributed by atoms with Crippen molar-refractivity contribution in [3.8, 4) is 0 Å². The Morgan fingerprint density at radius 1 is 1.15 bits per heavy atom. The van der Waals surface area contributed by atoms with Gasteiger partial charge in [0.1, 0.15) is 5.82 Å². The van der Waals surface area contributed by atoms with Crippen molar-refractivity contribution in [3.63, 3.8) is 0 Å². The molecule has 2 heterocycles. The van der Waals surface area contributed by atoms with Crippen LogP contribution >= 0.6 is 0 Å². The molecule has 138 valence electrons. The summed E-state index contributed by atoms with van der Waals surface area (Å²) in [6, 6.07) is 11.3. The van der Waals surface area contributed by atoms with Crippen molar-refractivity contribution in [2.45, 2.75) is 58.5 Å². The maximum atomic E-state index is 12.3. The molecule has 0 aliphatic carbocycles. The monoisotopic (exact) mass is 353 g/mol. The van der Waals surface area contributed by atoms with Crippen LogP contribution < -0.4 is 5.32 Å². The number of carbonyl (C=O) groups is 1. The third kappa shape index (κ3) is 4.15. The quantitative estimate of drug-likeness (QED) is 0.545. The Morgan fingerprint density at radius 3 is 2.73 bits per heavy atom. The minimum absolute atomic E-state index is 0.198. The Balaban J connectivity index is 1.77. The van der Waals surface area contributed by atoms with E-state index in [4.69, 9.17) is 9.40 Å². The number of para-hydroxylation sites is 2. The second kappa shape index (κ2) is 8.70. The lowest BCUT2D eigenvalue weighted by atomic mass is 10.1. The number of carbonyl (C=O) groups excluding carboxylic acids is 1. The van der Waals surface area contributed by atoms with Crippen LogP contribution in [-0.2, 0) is 6.54 Å². The fourth-order valence-corrected chi connectivity index (χ4v) is 3.27. The predicted octanol–water partition coefficient (Wildman–Crippen LogP) is 5.09. The van der Waals surface area contributed by atoms with Crippen LogP contribution in [0.4, 0.5) is 0 Å². The second-order valence-electron chi connectivity index (χ2n) is 6.70. The highest BCUT2D eigenvalue weighted by atomic mass is 16.3. The maximum Gasteiger partial charge on any atom is 0.287 e. The molecule has 0 saturated carbocycles. The lowest BCUT2D eigenvalue weighted by Crippen LogP contribution is -2.28. The highest BCUT2D eigenvalue weighted by molar-refractivity contribution is 5.91. The average Bonchev–Trinajstić information content (AvgIpc) is 3.30. The van der Waals surface area contributed by atoms with Crippen LogP contribution in [0.5, 0.6) is 0 Å². The number of fused-ring (bicyclic) bond motifs is 1. The SMILES string of the molecule is CCCCCCCn1c(C(C)NC(=O)c2ccco2)nc2ccccc21. The molecule has 2 aromatic heterocycles. The van der Waals surface area contributed by atoms with Gasteiger partial charge in [0.2, 0.25) is 0 Å². The summed E-state index contributed by atoms with van der Waals surface area (Å²) in [6.07, 6.45) is 7.63. The summed E-state index contributed by atoms with van der Waals surface area (Å²) in [4.78, 5) is 17.1. The van der Waals surface area contributed by atoms with Gasteiger partial charge in [-0.05, 0) is 37.6 Å². The van der Waals surface area contributed by atoms with E-state index in [1.54, 1.807) is 12.1 Å². The maximum absolute atomic E-state index is 12.3. The minimum atomic E-state index is -0.218. The molecule has 1 amide bonds. The topological polar surface area (TPSA) is 60.1 Å². The molecule has 0 radical (unpaired) electrons. The Labute approximate surface area is 154 Å². The molecule has 3 aromatic rings. The molecular weight excluding hydrogens is 326 g/mol. The first-order chi connectivity index (χ1) is 12.7. The molecule has 26 heavy (non-hydrogen) atoms. The van der Waals surface area contributed by atoms with Gasteiger partial charge >= 0.3 is 0 Å². The molecule has 0 saturated heterocycles. The van der Waals surface area contributed by atoms with Gasteiger partial charge in [0, 0.05) is 6.54 Å². The third-order valence-electron chi connectivity index (χ3n) is 4.65. The number of amides is 1. The number of aryl methyl sites for hydroxylation is 1. The van der Waals surface area contributed by atoms with Gasteiger partial charge in [0.15, 0.2) is 5.76 Å². The number of hydrogen-bond donors (Lipinski definition) is 1. The van der Waals surface area contributed by atoms with Crippen LogP contribution in [0.1, 0.15) is 68.4 Å². The Bertz CT molecular complexity index is 836. The fraction of sp³-hybridized carbons (Fsp3) is 0.429. The van der Waals surface area contributed by atoms with Crippen LogP contribution in [0.3, 0.4) is 0 Å². The second-order valence-corrected chi connectivity index (χ2v) is 6.70. The van der Waals surface area contributed by atoms with E-state index in [1.807, 2.05) is 25.1 Å². The van der Waals surface area contributed by atoms with Gasteiger partial charge < -0.3 is 14.3 Å². The van der Waals surface area contributed by atoms with Crippen molar-refractivity contribution in [3.05, 3.63) is 54.2 Å². The summed E-state index contributed by atoms with van der Waals surface area (Å²) in [5, 5.41) is 2.99. The van der Waals surface area contributed by atoms with E-state index >= 15 is 0 Å². The lowest BCUT2D eigenvalue weighted by molar-refractivity contribution is 0.0909. The van der Waals surface area contributed by atoms with Crippen LogP contribution in [0.2, 0.25) is 0 Å². The van der Waals surface area contributed by atoms with Gasteiger partial charge in [-0.1, -0.05) is 44.7 Å². The third-order valence-corrected chi connectivity index (χ3v) is 4.65. The van der Waals surface area contributed by atoms with E-state index in [0.717, 1.165) is 29.8 Å². The summed E-state index contributed by atoms with van der Waals surface area (Å²) in [5.74, 6) is 0.990. The number of benzene rings is 1. The van der Waals surface area contributed by atoms with E-state index in [0.29, 0.717) is 5.76 Å². The first-order valence-electron chi connectivity index (χ1n) is 9.50. The van der Waals surface area contributed by atoms with Gasteiger partial charge in [-0.25, -0.2) is 4.98 Å². The van der Waals surface area contributed by atoms with Gasteiger partial charge in [0.05, 0.1) is 23.3 Å². The van der Waals surface area contributed by atoms with Crippen LogP contribution in [0.15, 0.2) is 47.1 Å². The number of nitrogens with one attached hydrogen (secondary N) is 1. The van der Waals surface area contributed by atoms with Crippen molar-refractivity contribution in [2.75, 3.05) is 0 Å². The number of rotatable bonds is 9. The Hall–Kier alpha value is -2.56. The largest absolute Gasteiger partial charge is 0.459 e. The summed E-state index contributed by atoms with van der Waals surface area (Å²) in [7, 11) is 0. The molecule has 1 aromatic carbocycles. The number of furan rings is 1. The van der Waals surface area contributed by atoms with Gasteiger partial charge in [-0.3, -0.25) is 4.79 Å². The summed E-state index contributed by atoms with van der Waals surface area (Å²) < 4.78 is 7.43. The highest BCUT2D eigenvalue weighted by Crippen LogP contribution is 2.22. The molecule has 0 aliphatic rings. The van der Waals surface area contributed by atoms with Crippen molar-refractivity contribution < 1.29 is 9.21 Å². The van der Waals surface area contributed by atoms with Crippen molar-refractivity contribution >= 4 is 16.9 Å².